The lowest BCUT2D eigenvalue weighted by atomic mass is 10.1. The summed E-state index contributed by atoms with van der Waals surface area (Å²) in [6.45, 7) is 2.49. The Morgan fingerprint density at radius 3 is 2.47 bits per heavy atom. The number of hydrogen-bond acceptors (Lipinski definition) is 3. The van der Waals surface area contributed by atoms with Crippen molar-refractivity contribution in [2.75, 3.05) is 13.2 Å². The van der Waals surface area contributed by atoms with Crippen LogP contribution in [0, 0.1) is 0 Å². The van der Waals surface area contributed by atoms with E-state index >= 15 is 0 Å². The van der Waals surface area contributed by atoms with Gasteiger partial charge in [0.05, 0.1) is 18.9 Å². The summed E-state index contributed by atoms with van der Waals surface area (Å²) in [6.07, 6.45) is 0. The highest BCUT2D eigenvalue weighted by Crippen LogP contribution is 2.53. The van der Waals surface area contributed by atoms with Gasteiger partial charge in [-0.25, -0.2) is 4.57 Å². The van der Waals surface area contributed by atoms with Crippen LogP contribution in [0.15, 0.2) is 35.1 Å². The van der Waals surface area contributed by atoms with Crippen LogP contribution in [0.2, 0.25) is 0 Å². The maximum absolute atomic E-state index is 11.8. The highest BCUT2D eigenvalue weighted by atomic mass is 31.2. The summed E-state index contributed by atoms with van der Waals surface area (Å²) in [4.78, 5) is 0. The fourth-order valence-corrected chi connectivity index (χ4v) is 2.60. The zero-order valence-electron chi connectivity index (χ0n) is 8.42. The Hall–Kier alpha value is -0.960. The summed E-state index contributed by atoms with van der Waals surface area (Å²) < 4.78 is 25.7. The largest absolute Gasteiger partial charge is 0.454 e. The molecule has 0 saturated carbocycles. The van der Waals surface area contributed by atoms with Gasteiger partial charge in [0.1, 0.15) is 0 Å². The monoisotopic (exact) mass is 225 g/mol. The summed E-state index contributed by atoms with van der Waals surface area (Å²) in [5.41, 5.74) is 1.59. The molecular formula is C10H12NO3P. The first-order chi connectivity index (χ1) is 7.20. The van der Waals surface area contributed by atoms with Gasteiger partial charge >= 0.3 is 7.75 Å². The lowest BCUT2D eigenvalue weighted by Crippen LogP contribution is -1.94. The third-order valence-electron chi connectivity index (χ3n) is 2.06. The fourth-order valence-electron chi connectivity index (χ4n) is 1.32. The van der Waals surface area contributed by atoms with E-state index in [1.54, 1.807) is 6.92 Å². The molecule has 2 rings (SSSR count). The maximum Gasteiger partial charge on any atom is 0.454 e. The predicted molar refractivity (Wildman–Crippen MR) is 58.2 cm³/mol. The Morgan fingerprint density at radius 2 is 1.87 bits per heavy atom. The van der Waals surface area contributed by atoms with Crippen LogP contribution in [0.25, 0.3) is 0 Å². The van der Waals surface area contributed by atoms with Crippen LogP contribution in [0.4, 0.5) is 0 Å². The molecule has 0 amide bonds. The minimum atomic E-state index is -3.20. The van der Waals surface area contributed by atoms with Crippen molar-refractivity contribution < 1.29 is 13.6 Å². The zero-order chi connectivity index (χ0) is 10.7. The average molecular weight is 225 g/mol. The van der Waals surface area contributed by atoms with Crippen molar-refractivity contribution in [1.82, 2.24) is 0 Å². The van der Waals surface area contributed by atoms with Crippen LogP contribution in [-0.4, -0.2) is 18.9 Å². The summed E-state index contributed by atoms with van der Waals surface area (Å²) in [5.74, 6) is 0. The van der Waals surface area contributed by atoms with Crippen molar-refractivity contribution >= 4 is 13.5 Å². The molecule has 0 N–H and O–H groups in total. The third kappa shape index (κ3) is 2.53. The Morgan fingerprint density at radius 1 is 1.27 bits per heavy atom. The van der Waals surface area contributed by atoms with E-state index in [0.29, 0.717) is 18.9 Å². The van der Waals surface area contributed by atoms with Gasteiger partial charge < -0.3 is 0 Å². The second kappa shape index (κ2) is 4.27. The maximum atomic E-state index is 11.8. The van der Waals surface area contributed by atoms with Crippen LogP contribution >= 0.6 is 7.75 Å². The molecule has 1 aromatic carbocycles. The molecule has 5 heteroatoms. The molecule has 0 aromatic heterocycles. The topological polar surface area (TPSA) is 47.9 Å². The molecule has 1 saturated heterocycles. The molecule has 15 heavy (non-hydrogen) atoms. The highest BCUT2D eigenvalue weighted by Gasteiger charge is 2.29. The lowest BCUT2D eigenvalue weighted by molar-refractivity contribution is 0.354. The second-order valence-electron chi connectivity index (χ2n) is 3.19. The summed E-state index contributed by atoms with van der Waals surface area (Å²) >= 11 is 0. The Balaban J connectivity index is 2.24. The van der Waals surface area contributed by atoms with E-state index in [4.69, 9.17) is 9.05 Å². The van der Waals surface area contributed by atoms with Crippen LogP contribution < -0.4 is 0 Å². The zero-order valence-corrected chi connectivity index (χ0v) is 9.31. The van der Waals surface area contributed by atoms with Gasteiger partial charge in [0.2, 0.25) is 0 Å². The van der Waals surface area contributed by atoms with Gasteiger partial charge in [-0.2, -0.15) is 4.76 Å². The normalized spacial score (nSPS) is 20.5. The van der Waals surface area contributed by atoms with Crippen molar-refractivity contribution in [1.29, 1.82) is 0 Å². The van der Waals surface area contributed by atoms with E-state index < -0.39 is 7.75 Å². The van der Waals surface area contributed by atoms with Crippen LogP contribution in [0.3, 0.4) is 0 Å². The van der Waals surface area contributed by atoms with E-state index in [1.807, 2.05) is 30.3 Å². The Bertz CT molecular complexity index is 406. The molecular weight excluding hydrogens is 213 g/mol. The molecule has 1 aromatic rings. The quantitative estimate of drug-likeness (QED) is 0.574. The SMILES string of the molecule is CC(=NP1(=O)OCCO1)c1ccccc1. The fraction of sp³-hybridized carbons (Fsp3) is 0.300. The summed E-state index contributed by atoms with van der Waals surface area (Å²) in [5, 5.41) is 0. The van der Waals surface area contributed by atoms with E-state index in [0.717, 1.165) is 5.56 Å². The molecule has 0 spiro atoms. The molecule has 80 valence electrons. The van der Waals surface area contributed by atoms with Crippen molar-refractivity contribution in [3.63, 3.8) is 0 Å². The van der Waals surface area contributed by atoms with Gasteiger partial charge in [0.25, 0.3) is 0 Å². The molecule has 4 nitrogen and oxygen atoms in total. The van der Waals surface area contributed by atoms with E-state index in [9.17, 15) is 4.57 Å². The number of benzene rings is 1. The first kappa shape index (κ1) is 10.6. The standard InChI is InChI=1S/C10H12NO3P/c1-9(10-5-3-2-4-6-10)11-15(12)13-7-8-14-15/h2-6H,7-8H2,1H3. The first-order valence-corrected chi connectivity index (χ1v) is 6.20. The minimum absolute atomic E-state index is 0.350. The van der Waals surface area contributed by atoms with E-state index in [1.165, 1.54) is 0 Å². The molecule has 0 atom stereocenters. The van der Waals surface area contributed by atoms with Crippen molar-refractivity contribution in [2.45, 2.75) is 6.92 Å². The predicted octanol–water partition coefficient (Wildman–Crippen LogP) is 2.65. The first-order valence-electron chi connectivity index (χ1n) is 4.71. The molecule has 0 bridgehead atoms. The smallest absolute Gasteiger partial charge is 0.289 e. The van der Waals surface area contributed by atoms with Crippen LogP contribution in [0.5, 0.6) is 0 Å². The highest BCUT2D eigenvalue weighted by molar-refractivity contribution is 7.52. The molecule has 1 fully saturated rings. The van der Waals surface area contributed by atoms with Gasteiger partial charge in [0, 0.05) is 0 Å². The van der Waals surface area contributed by atoms with Crippen molar-refractivity contribution in [3.05, 3.63) is 35.9 Å². The molecule has 1 aliphatic rings. The van der Waals surface area contributed by atoms with Crippen LogP contribution in [-0.2, 0) is 13.6 Å². The Kier molecular flexibility index (Phi) is 3.00. The van der Waals surface area contributed by atoms with Gasteiger partial charge in [-0.15, -0.1) is 0 Å². The lowest BCUT2D eigenvalue weighted by Gasteiger charge is -2.05. The Labute approximate surface area is 88.5 Å². The van der Waals surface area contributed by atoms with Crippen LogP contribution in [0.1, 0.15) is 12.5 Å². The molecule has 0 radical (unpaired) electrons. The van der Waals surface area contributed by atoms with E-state index in [2.05, 4.69) is 4.76 Å². The number of hydrogen-bond donors (Lipinski definition) is 0. The van der Waals surface area contributed by atoms with Gasteiger partial charge in [-0.1, -0.05) is 30.3 Å². The van der Waals surface area contributed by atoms with Crippen molar-refractivity contribution in [2.24, 2.45) is 4.76 Å². The van der Waals surface area contributed by atoms with Crippen molar-refractivity contribution in [3.8, 4) is 0 Å². The molecule has 1 aliphatic heterocycles. The minimum Gasteiger partial charge on any atom is -0.289 e. The second-order valence-corrected chi connectivity index (χ2v) is 4.84. The molecule has 1 heterocycles. The molecule has 0 aliphatic carbocycles. The number of rotatable bonds is 2. The average Bonchev–Trinajstić information content (AvgIpc) is 2.66. The van der Waals surface area contributed by atoms with E-state index in [-0.39, 0.29) is 0 Å². The molecule has 0 unspecified atom stereocenters. The number of nitrogens with zero attached hydrogens (tertiary/aromatic N) is 1. The van der Waals surface area contributed by atoms with Gasteiger partial charge in [0.15, 0.2) is 0 Å². The van der Waals surface area contributed by atoms with Gasteiger partial charge in [-0.3, -0.25) is 9.05 Å². The van der Waals surface area contributed by atoms with Gasteiger partial charge in [-0.05, 0) is 12.5 Å². The third-order valence-corrected chi connectivity index (χ3v) is 3.62. The summed E-state index contributed by atoms with van der Waals surface area (Å²) in [7, 11) is -3.20. The summed E-state index contributed by atoms with van der Waals surface area (Å²) in [6, 6.07) is 9.53.